The van der Waals surface area contributed by atoms with E-state index in [9.17, 15) is 30.0 Å². The second-order valence-corrected chi connectivity index (χ2v) is 7.74. The molecule has 30 heavy (non-hydrogen) atoms. The van der Waals surface area contributed by atoms with Gasteiger partial charge in [-0.2, -0.15) is 0 Å². The molecule has 0 bridgehead atoms. The molecule has 168 valence electrons. The van der Waals surface area contributed by atoms with Gasteiger partial charge in [-0.3, -0.25) is 4.79 Å². The first kappa shape index (κ1) is 23.9. The lowest BCUT2D eigenvalue weighted by atomic mass is 9.99. The van der Waals surface area contributed by atoms with E-state index in [1.165, 1.54) is 0 Å². The van der Waals surface area contributed by atoms with Gasteiger partial charge in [0.2, 0.25) is 6.29 Å². The van der Waals surface area contributed by atoms with Crippen molar-refractivity contribution in [1.29, 1.82) is 0 Å². The fraction of sp³-hybridized carbons (Fsp3) is 0.600. The van der Waals surface area contributed by atoms with Gasteiger partial charge in [-0.15, -0.1) is 0 Å². The number of hydrogen-bond donors (Lipinski definition) is 5. The summed E-state index contributed by atoms with van der Waals surface area (Å²) in [6.45, 7) is 7.21. The van der Waals surface area contributed by atoms with Crippen molar-refractivity contribution in [2.24, 2.45) is 5.92 Å². The zero-order valence-electron chi connectivity index (χ0n) is 17.3. The molecule has 10 heteroatoms. The molecule has 0 spiro atoms. The van der Waals surface area contributed by atoms with Crippen LogP contribution in [0.1, 0.15) is 33.3 Å². The summed E-state index contributed by atoms with van der Waals surface area (Å²) in [5.41, 5.74) is 1.11. The summed E-state index contributed by atoms with van der Waals surface area (Å²) in [6.07, 6.45) is -8.60. The Morgan fingerprint density at radius 3 is 2.33 bits per heavy atom. The van der Waals surface area contributed by atoms with Crippen molar-refractivity contribution in [2.75, 3.05) is 5.32 Å². The number of carbonyl (C=O) groups is 2. The molecule has 2 rings (SSSR count). The van der Waals surface area contributed by atoms with Crippen LogP contribution in [0.25, 0.3) is 0 Å². The lowest BCUT2D eigenvalue weighted by Crippen LogP contribution is -2.61. The van der Waals surface area contributed by atoms with Gasteiger partial charge >= 0.3 is 11.9 Å². The zero-order chi connectivity index (χ0) is 22.6. The number of aliphatic carboxylic acids is 1. The molecule has 5 N–H and O–H groups in total. The summed E-state index contributed by atoms with van der Waals surface area (Å²) in [5, 5.41) is 42.3. The maximum Gasteiger partial charge on any atom is 0.335 e. The van der Waals surface area contributed by atoms with Crippen molar-refractivity contribution in [2.45, 2.75) is 71.0 Å². The Hall–Kier alpha value is -2.40. The second-order valence-electron chi connectivity index (χ2n) is 7.74. The Labute approximate surface area is 174 Å². The number of rotatable bonds is 8. The summed E-state index contributed by atoms with van der Waals surface area (Å²) in [7, 11) is 0. The quantitative estimate of drug-likeness (QED) is 0.370. The largest absolute Gasteiger partial charge is 0.479 e. The average Bonchev–Trinajstić information content (AvgIpc) is 2.67. The topological polar surface area (TPSA) is 155 Å². The predicted molar refractivity (Wildman–Crippen MR) is 105 cm³/mol. The third-order valence-corrected chi connectivity index (χ3v) is 4.40. The molecular formula is C20H29NO9. The van der Waals surface area contributed by atoms with E-state index in [1.807, 2.05) is 13.8 Å². The molecule has 0 aliphatic carbocycles. The fourth-order valence-corrected chi connectivity index (χ4v) is 2.78. The standard InChI is InChI=1S/C20H29NO9/c1-9(2)19(27)28-8-11-5-6-12(21-10(3)4)13(7-11)29-20-16(24)14(22)15(23)17(30-20)18(25)26/h5-7,9-10,14-17,20-24H,8H2,1-4H3,(H,25,26)/t14-,15-,16+,17-,20+/m0/s1. The van der Waals surface area contributed by atoms with Crippen molar-refractivity contribution in [3.63, 3.8) is 0 Å². The molecule has 1 aromatic rings. The number of carboxylic acid groups (broad SMARTS) is 1. The third kappa shape index (κ3) is 5.82. The highest BCUT2D eigenvalue weighted by Crippen LogP contribution is 2.31. The van der Waals surface area contributed by atoms with E-state index in [4.69, 9.17) is 14.2 Å². The van der Waals surface area contributed by atoms with Gasteiger partial charge in [0.15, 0.2) is 6.10 Å². The van der Waals surface area contributed by atoms with Crippen molar-refractivity contribution < 1.29 is 44.2 Å². The molecule has 1 heterocycles. The SMILES string of the molecule is CC(C)Nc1ccc(COC(=O)C(C)C)cc1O[C@@H]1O[C@H](C(=O)O)[C@@H](O)[C@H](O)[C@H]1O. The Balaban J connectivity index is 2.26. The zero-order valence-corrected chi connectivity index (χ0v) is 17.3. The Bertz CT molecular complexity index is 752. The molecule has 10 nitrogen and oxygen atoms in total. The van der Waals surface area contributed by atoms with Crippen LogP contribution in [0.5, 0.6) is 5.75 Å². The van der Waals surface area contributed by atoms with E-state index in [0.717, 1.165) is 0 Å². The Kier molecular flexibility index (Phi) is 8.02. The van der Waals surface area contributed by atoms with E-state index >= 15 is 0 Å². The summed E-state index contributed by atoms with van der Waals surface area (Å²) >= 11 is 0. The first-order valence-electron chi connectivity index (χ1n) is 9.66. The number of aliphatic hydroxyl groups excluding tert-OH is 3. The molecular weight excluding hydrogens is 398 g/mol. The molecule has 5 atom stereocenters. The normalized spacial score (nSPS) is 26.5. The van der Waals surface area contributed by atoms with Crippen LogP contribution in [-0.4, -0.2) is 69.1 Å². The molecule has 0 radical (unpaired) electrons. The summed E-state index contributed by atoms with van der Waals surface area (Å²) in [4.78, 5) is 23.0. The van der Waals surface area contributed by atoms with Crippen molar-refractivity contribution in [1.82, 2.24) is 0 Å². The maximum atomic E-state index is 11.7. The summed E-state index contributed by atoms with van der Waals surface area (Å²) < 4.78 is 16.1. The van der Waals surface area contributed by atoms with Gasteiger partial charge in [-0.1, -0.05) is 19.9 Å². The van der Waals surface area contributed by atoms with Crippen LogP contribution in [-0.2, 0) is 25.7 Å². The van der Waals surface area contributed by atoms with Crippen molar-refractivity contribution in [3.8, 4) is 5.75 Å². The minimum Gasteiger partial charge on any atom is -0.479 e. The molecule has 0 aromatic heterocycles. The molecule has 1 fully saturated rings. The van der Waals surface area contributed by atoms with Gasteiger partial charge < -0.3 is 40.0 Å². The molecule has 1 saturated heterocycles. The molecule has 0 unspecified atom stereocenters. The average molecular weight is 427 g/mol. The second kappa shape index (κ2) is 10.1. The number of carboxylic acids is 1. The summed E-state index contributed by atoms with van der Waals surface area (Å²) in [6, 6.07) is 4.99. The minimum atomic E-state index is -1.81. The lowest BCUT2D eigenvalue weighted by molar-refractivity contribution is -0.271. The molecule has 0 amide bonds. The number of anilines is 1. The number of hydrogen-bond acceptors (Lipinski definition) is 9. The van der Waals surface area contributed by atoms with Crippen LogP contribution in [0.4, 0.5) is 5.69 Å². The van der Waals surface area contributed by atoms with E-state index in [1.54, 1.807) is 32.0 Å². The van der Waals surface area contributed by atoms with Gasteiger partial charge in [-0.05, 0) is 31.5 Å². The highest BCUT2D eigenvalue weighted by Gasteiger charge is 2.48. The number of ether oxygens (including phenoxy) is 3. The van der Waals surface area contributed by atoms with Gasteiger partial charge in [0.1, 0.15) is 30.7 Å². The van der Waals surface area contributed by atoms with Crippen LogP contribution in [0.3, 0.4) is 0 Å². The Morgan fingerprint density at radius 1 is 1.10 bits per heavy atom. The van der Waals surface area contributed by atoms with E-state index in [-0.39, 0.29) is 30.3 Å². The van der Waals surface area contributed by atoms with Gasteiger partial charge in [-0.25, -0.2) is 4.79 Å². The molecule has 0 saturated carbocycles. The first-order valence-corrected chi connectivity index (χ1v) is 9.66. The predicted octanol–water partition coefficient (Wildman–Crippen LogP) is 0.477. The van der Waals surface area contributed by atoms with Crippen molar-refractivity contribution in [3.05, 3.63) is 23.8 Å². The van der Waals surface area contributed by atoms with Crippen LogP contribution in [0, 0.1) is 5.92 Å². The van der Waals surface area contributed by atoms with E-state index < -0.39 is 36.7 Å². The highest BCUT2D eigenvalue weighted by atomic mass is 16.7. The lowest BCUT2D eigenvalue weighted by Gasteiger charge is -2.38. The first-order chi connectivity index (χ1) is 14.0. The highest BCUT2D eigenvalue weighted by molar-refractivity contribution is 5.73. The number of carbonyl (C=O) groups excluding carboxylic acids is 1. The van der Waals surface area contributed by atoms with Crippen LogP contribution in [0.2, 0.25) is 0 Å². The third-order valence-electron chi connectivity index (χ3n) is 4.40. The number of esters is 1. The fourth-order valence-electron chi connectivity index (χ4n) is 2.78. The smallest absolute Gasteiger partial charge is 0.335 e. The monoisotopic (exact) mass is 427 g/mol. The molecule has 1 aliphatic rings. The minimum absolute atomic E-state index is 0.0114. The van der Waals surface area contributed by atoms with Crippen LogP contribution in [0.15, 0.2) is 18.2 Å². The maximum absolute atomic E-state index is 11.7. The van der Waals surface area contributed by atoms with E-state index in [2.05, 4.69) is 5.32 Å². The van der Waals surface area contributed by atoms with Gasteiger partial charge in [0.25, 0.3) is 0 Å². The number of benzene rings is 1. The van der Waals surface area contributed by atoms with Crippen LogP contribution >= 0.6 is 0 Å². The number of aliphatic hydroxyl groups is 3. The molecule has 1 aliphatic heterocycles. The molecule has 1 aromatic carbocycles. The van der Waals surface area contributed by atoms with E-state index in [0.29, 0.717) is 11.3 Å². The summed E-state index contributed by atoms with van der Waals surface area (Å²) in [5.74, 6) is -1.96. The van der Waals surface area contributed by atoms with Crippen molar-refractivity contribution >= 4 is 17.6 Å². The van der Waals surface area contributed by atoms with Crippen LogP contribution < -0.4 is 10.1 Å². The van der Waals surface area contributed by atoms with Gasteiger partial charge in [0.05, 0.1) is 11.6 Å². The Morgan fingerprint density at radius 2 is 1.77 bits per heavy atom. The van der Waals surface area contributed by atoms with Gasteiger partial charge in [0, 0.05) is 6.04 Å². The number of nitrogens with one attached hydrogen (secondary N) is 1.